The Balaban J connectivity index is 1.60. The summed E-state index contributed by atoms with van der Waals surface area (Å²) < 4.78 is 0. The number of fused-ring (bicyclic) bond motifs is 1. The minimum atomic E-state index is 0.653. The first-order valence-electron chi connectivity index (χ1n) is 6.52. The van der Waals surface area contributed by atoms with Crippen molar-refractivity contribution in [1.29, 1.82) is 0 Å². The lowest BCUT2D eigenvalue weighted by molar-refractivity contribution is 0.566. The summed E-state index contributed by atoms with van der Waals surface area (Å²) in [5, 5.41) is 7.01. The molecule has 2 N–H and O–H groups in total. The van der Waals surface area contributed by atoms with Gasteiger partial charge in [-0.3, -0.25) is 0 Å². The number of hydrogen-bond acceptors (Lipinski definition) is 2. The van der Waals surface area contributed by atoms with Gasteiger partial charge in [-0.2, -0.15) is 0 Å². The zero-order chi connectivity index (χ0) is 12.2. The van der Waals surface area contributed by atoms with Gasteiger partial charge in [0.1, 0.15) is 0 Å². The highest BCUT2D eigenvalue weighted by Crippen LogP contribution is 2.24. The van der Waals surface area contributed by atoms with Crippen LogP contribution in [-0.2, 0) is 6.42 Å². The molecule has 0 aromatic heterocycles. The highest BCUT2D eigenvalue weighted by Gasteiger charge is 2.17. The smallest absolute Gasteiger partial charge is 0.0372 e. The van der Waals surface area contributed by atoms with Crippen molar-refractivity contribution in [3.63, 3.8) is 0 Å². The molecule has 0 aliphatic carbocycles. The van der Waals surface area contributed by atoms with E-state index in [0.717, 1.165) is 19.5 Å². The third kappa shape index (κ3) is 2.48. The van der Waals surface area contributed by atoms with Crippen molar-refractivity contribution in [3.05, 3.63) is 60.2 Å². The second-order valence-corrected chi connectivity index (χ2v) is 4.86. The second-order valence-electron chi connectivity index (χ2n) is 4.86. The maximum atomic E-state index is 3.51. The van der Waals surface area contributed by atoms with Crippen molar-refractivity contribution in [3.8, 4) is 0 Å². The number of anilines is 2. The van der Waals surface area contributed by atoms with Crippen LogP contribution in [0.25, 0.3) is 0 Å². The van der Waals surface area contributed by atoms with E-state index in [1.54, 1.807) is 0 Å². The molecule has 1 unspecified atom stereocenters. The molecule has 3 rings (SSSR count). The Morgan fingerprint density at radius 2 is 1.78 bits per heavy atom. The molecule has 2 heteroatoms. The van der Waals surface area contributed by atoms with E-state index >= 15 is 0 Å². The quantitative estimate of drug-likeness (QED) is 0.856. The summed E-state index contributed by atoms with van der Waals surface area (Å²) in [7, 11) is 0. The summed E-state index contributed by atoms with van der Waals surface area (Å²) in [4.78, 5) is 0. The fourth-order valence-electron chi connectivity index (χ4n) is 2.47. The normalized spacial score (nSPS) is 17.7. The number of para-hydroxylation sites is 2. The van der Waals surface area contributed by atoms with Gasteiger partial charge in [-0.25, -0.2) is 0 Å². The Bertz CT molecular complexity index is 508. The summed E-state index contributed by atoms with van der Waals surface area (Å²) >= 11 is 0. The van der Waals surface area contributed by atoms with E-state index in [2.05, 4.69) is 59.2 Å². The lowest BCUT2D eigenvalue weighted by Gasteiger charge is -2.26. The minimum Gasteiger partial charge on any atom is -0.385 e. The molecule has 2 aromatic carbocycles. The van der Waals surface area contributed by atoms with Crippen LogP contribution in [0.1, 0.15) is 5.56 Å². The number of benzene rings is 2. The highest BCUT2D eigenvalue weighted by atomic mass is 14.9. The van der Waals surface area contributed by atoms with Gasteiger partial charge in [0.2, 0.25) is 0 Å². The van der Waals surface area contributed by atoms with Gasteiger partial charge in [0.05, 0.1) is 0 Å². The number of rotatable bonds is 3. The first-order valence-corrected chi connectivity index (χ1v) is 6.52. The van der Waals surface area contributed by atoms with Crippen molar-refractivity contribution < 1.29 is 0 Å². The summed E-state index contributed by atoms with van der Waals surface area (Å²) in [5.74, 6) is 0.653. The second kappa shape index (κ2) is 5.13. The predicted molar refractivity (Wildman–Crippen MR) is 77.1 cm³/mol. The molecule has 0 bridgehead atoms. The van der Waals surface area contributed by atoms with Crippen LogP contribution in [-0.4, -0.2) is 13.1 Å². The lowest BCUT2D eigenvalue weighted by Crippen LogP contribution is -2.28. The molecule has 0 spiro atoms. The predicted octanol–water partition coefficient (Wildman–Crippen LogP) is 3.38. The van der Waals surface area contributed by atoms with Crippen LogP contribution in [0.2, 0.25) is 0 Å². The Morgan fingerprint density at radius 1 is 1.00 bits per heavy atom. The van der Waals surface area contributed by atoms with Crippen LogP contribution in [0.3, 0.4) is 0 Å². The van der Waals surface area contributed by atoms with Crippen LogP contribution in [0.15, 0.2) is 54.6 Å². The first kappa shape index (κ1) is 11.1. The van der Waals surface area contributed by atoms with Crippen molar-refractivity contribution in [1.82, 2.24) is 0 Å². The van der Waals surface area contributed by atoms with E-state index < -0.39 is 0 Å². The average Bonchev–Trinajstić information content (AvgIpc) is 2.46. The minimum absolute atomic E-state index is 0.653. The molecular weight excluding hydrogens is 220 g/mol. The molecule has 2 nitrogen and oxygen atoms in total. The Kier molecular flexibility index (Phi) is 3.18. The Morgan fingerprint density at radius 3 is 2.67 bits per heavy atom. The van der Waals surface area contributed by atoms with Crippen molar-refractivity contribution in [2.24, 2.45) is 5.92 Å². The third-order valence-corrected chi connectivity index (χ3v) is 3.48. The molecular formula is C16H18N2. The molecule has 1 aliphatic heterocycles. The first-order chi connectivity index (χ1) is 8.92. The maximum absolute atomic E-state index is 3.51. The van der Waals surface area contributed by atoms with E-state index in [1.807, 2.05) is 6.07 Å². The van der Waals surface area contributed by atoms with E-state index in [0.29, 0.717) is 5.92 Å². The largest absolute Gasteiger partial charge is 0.385 e. The van der Waals surface area contributed by atoms with Crippen molar-refractivity contribution in [2.75, 3.05) is 23.7 Å². The molecule has 92 valence electrons. The van der Waals surface area contributed by atoms with E-state index in [-0.39, 0.29) is 0 Å². The van der Waals surface area contributed by atoms with E-state index in [1.165, 1.54) is 16.9 Å². The van der Waals surface area contributed by atoms with Crippen LogP contribution in [0.5, 0.6) is 0 Å². The molecule has 0 fully saturated rings. The maximum Gasteiger partial charge on any atom is 0.0372 e. The summed E-state index contributed by atoms with van der Waals surface area (Å²) in [6.07, 6.45) is 1.16. The molecule has 0 radical (unpaired) electrons. The Labute approximate surface area is 108 Å². The molecule has 0 saturated heterocycles. The average molecular weight is 238 g/mol. The summed E-state index contributed by atoms with van der Waals surface area (Å²) in [5.41, 5.74) is 3.94. The van der Waals surface area contributed by atoms with Gasteiger partial charge in [-0.1, -0.05) is 36.4 Å². The number of hydrogen-bond donors (Lipinski definition) is 2. The monoisotopic (exact) mass is 238 g/mol. The fourth-order valence-corrected chi connectivity index (χ4v) is 2.47. The molecule has 1 heterocycles. The standard InChI is InChI=1S/C16H18N2/c1-2-7-15(8-3-1)17-11-13-10-14-6-4-5-9-16(14)18-12-13/h1-9,13,17-18H,10-12H2. The van der Waals surface area contributed by atoms with Gasteiger partial charge >= 0.3 is 0 Å². The van der Waals surface area contributed by atoms with Crippen LogP contribution in [0, 0.1) is 5.92 Å². The zero-order valence-electron chi connectivity index (χ0n) is 10.4. The van der Waals surface area contributed by atoms with Gasteiger partial charge in [0.25, 0.3) is 0 Å². The topological polar surface area (TPSA) is 24.1 Å². The number of nitrogens with one attached hydrogen (secondary N) is 2. The van der Waals surface area contributed by atoms with E-state index in [9.17, 15) is 0 Å². The summed E-state index contributed by atoms with van der Waals surface area (Å²) in [6.45, 7) is 2.07. The van der Waals surface area contributed by atoms with Crippen molar-refractivity contribution >= 4 is 11.4 Å². The zero-order valence-corrected chi connectivity index (χ0v) is 10.4. The molecule has 2 aromatic rings. The molecule has 1 atom stereocenters. The van der Waals surface area contributed by atoms with Crippen LogP contribution < -0.4 is 10.6 Å². The van der Waals surface area contributed by atoms with Crippen molar-refractivity contribution in [2.45, 2.75) is 6.42 Å². The summed E-state index contributed by atoms with van der Waals surface area (Å²) in [6, 6.07) is 19.0. The van der Waals surface area contributed by atoms with Gasteiger partial charge in [-0.15, -0.1) is 0 Å². The lowest BCUT2D eigenvalue weighted by atomic mass is 9.94. The van der Waals surface area contributed by atoms with Gasteiger partial charge in [-0.05, 0) is 36.1 Å². The highest BCUT2D eigenvalue weighted by molar-refractivity contribution is 5.53. The molecule has 0 amide bonds. The van der Waals surface area contributed by atoms with E-state index in [4.69, 9.17) is 0 Å². The molecule has 1 aliphatic rings. The van der Waals surface area contributed by atoms with Crippen LogP contribution >= 0.6 is 0 Å². The fraction of sp³-hybridized carbons (Fsp3) is 0.250. The van der Waals surface area contributed by atoms with Crippen LogP contribution in [0.4, 0.5) is 11.4 Å². The van der Waals surface area contributed by atoms with Gasteiger partial charge in [0.15, 0.2) is 0 Å². The van der Waals surface area contributed by atoms with Gasteiger partial charge < -0.3 is 10.6 Å². The Hall–Kier alpha value is -1.96. The SMILES string of the molecule is c1ccc(NCC2CNc3ccccc3C2)cc1. The third-order valence-electron chi connectivity index (χ3n) is 3.48. The van der Waals surface area contributed by atoms with Gasteiger partial charge in [0, 0.05) is 24.5 Å². The molecule has 0 saturated carbocycles. The molecule has 18 heavy (non-hydrogen) atoms.